The summed E-state index contributed by atoms with van der Waals surface area (Å²) in [6, 6.07) is -9.94. The minimum atomic E-state index is -2.28. The fourth-order valence-electron chi connectivity index (χ4n) is 6.32. The summed E-state index contributed by atoms with van der Waals surface area (Å²) in [5, 5.41) is 81.0. The normalized spacial score (nSPS) is 14.0. The van der Waals surface area contributed by atoms with Crippen molar-refractivity contribution in [2.45, 2.75) is 133 Å². The number of carboxylic acid groups (broad SMARTS) is 6. The molecule has 402 valence electrons. The molecule has 0 aliphatic carbocycles. The lowest BCUT2D eigenvalue weighted by Crippen LogP contribution is -2.61. The minimum Gasteiger partial charge on any atom is -0.508 e. The molecule has 0 bridgehead atoms. The van der Waals surface area contributed by atoms with E-state index in [9.17, 15) is 93.0 Å². The number of benzene rings is 1. The van der Waals surface area contributed by atoms with E-state index in [1.165, 1.54) is 24.3 Å². The van der Waals surface area contributed by atoms with Gasteiger partial charge in [-0.05, 0) is 69.3 Å². The second-order valence-corrected chi connectivity index (χ2v) is 15.8. The second-order valence-electron chi connectivity index (χ2n) is 15.8. The molecule has 0 aliphatic heterocycles. The van der Waals surface area contributed by atoms with Crippen LogP contribution < -0.4 is 54.4 Å². The summed E-state index contributed by atoms with van der Waals surface area (Å²) in [5.41, 5.74) is 17.0. The van der Waals surface area contributed by atoms with Crippen LogP contribution in [0.3, 0.4) is 0 Å². The monoisotopic (exact) mass is 1030 g/mol. The molecule has 0 aliphatic rings. The number of phenols is 1. The van der Waals surface area contributed by atoms with Crippen molar-refractivity contribution in [2.75, 3.05) is 13.1 Å². The summed E-state index contributed by atoms with van der Waals surface area (Å²) in [5.74, 6) is -19.6. The number of hydrogen-bond donors (Lipinski definition) is 17. The number of nitrogens with one attached hydrogen (secondary N) is 7. The highest BCUT2D eigenvalue weighted by Gasteiger charge is 2.37. The molecule has 30 heteroatoms. The molecule has 0 saturated carbocycles. The standard InChI is InChI=1S/C41H60N10O20.CH4/c42-11-3-1-5-22(45-36(65)24(13-19-7-9-20(52)10-8-19)47-34(63)21(44)14-29(53)54)35(64)48-26(16-31(57)58)38(67)50-28(18-33(61)62)40(69)51-27(17-32(59)60)39(68)49-25(15-30(55)56)37(66)46-23(41(70)71)6-2-4-12-43;/h7-10,21-28,52H,1-6,11-18,42-44H2,(H,45,65)(H,46,66)(H,47,63)(H,48,64)(H,49,68)(H,50,67)(H,51,69)(H,53,54)(H,55,56)(H,57,58)(H,59,60)(H,61,62)(H,70,71);1H4. The number of hydrogen-bond acceptors (Lipinski definition) is 17. The fraction of sp³-hybridized carbons (Fsp3) is 0.548. The Labute approximate surface area is 410 Å². The Morgan fingerprint density at radius 2 is 0.694 bits per heavy atom. The first-order valence-corrected chi connectivity index (χ1v) is 21.7. The van der Waals surface area contributed by atoms with Gasteiger partial charge in [0, 0.05) is 6.42 Å². The Morgan fingerprint density at radius 1 is 0.403 bits per heavy atom. The molecule has 72 heavy (non-hydrogen) atoms. The van der Waals surface area contributed by atoms with Crippen LogP contribution in [0.25, 0.3) is 0 Å². The third kappa shape index (κ3) is 25.0. The van der Waals surface area contributed by atoms with Crippen LogP contribution in [-0.2, 0) is 68.7 Å². The number of phenolic OH excluding ortho intramolecular Hbond substituents is 1. The summed E-state index contributed by atoms with van der Waals surface area (Å²) in [6.07, 6.45) is -5.70. The van der Waals surface area contributed by atoms with Crippen LogP contribution in [0, 0.1) is 0 Å². The Hall–Kier alpha value is -7.99. The van der Waals surface area contributed by atoms with Gasteiger partial charge < -0.3 is 90.2 Å². The van der Waals surface area contributed by atoms with E-state index < -0.39 is 158 Å². The van der Waals surface area contributed by atoms with Crippen molar-refractivity contribution in [3.8, 4) is 5.75 Å². The molecular formula is C42H64N10O20. The number of carboxylic acids is 6. The van der Waals surface area contributed by atoms with E-state index >= 15 is 0 Å². The number of rotatable bonds is 35. The van der Waals surface area contributed by atoms with Crippen LogP contribution in [0.5, 0.6) is 5.75 Å². The average Bonchev–Trinajstić information content (AvgIpc) is 3.26. The lowest BCUT2D eigenvalue weighted by molar-refractivity contribution is -0.145. The zero-order valence-electron chi connectivity index (χ0n) is 38.0. The summed E-state index contributed by atoms with van der Waals surface area (Å²) in [4.78, 5) is 164. The van der Waals surface area contributed by atoms with Crippen LogP contribution in [0.4, 0.5) is 0 Å². The Kier molecular flexibility index (Phi) is 29.1. The van der Waals surface area contributed by atoms with Gasteiger partial charge in [-0.1, -0.05) is 19.6 Å². The number of carbonyl (C=O) groups excluding carboxylic acids is 7. The molecule has 20 N–H and O–H groups in total. The average molecular weight is 1030 g/mol. The van der Waals surface area contributed by atoms with Gasteiger partial charge in [0.25, 0.3) is 0 Å². The molecule has 30 nitrogen and oxygen atoms in total. The van der Waals surface area contributed by atoms with E-state index in [1.54, 1.807) is 0 Å². The van der Waals surface area contributed by atoms with E-state index in [0.717, 1.165) is 0 Å². The van der Waals surface area contributed by atoms with Crippen molar-refractivity contribution in [1.82, 2.24) is 37.2 Å². The van der Waals surface area contributed by atoms with E-state index in [1.807, 2.05) is 16.0 Å². The van der Waals surface area contributed by atoms with E-state index in [2.05, 4.69) is 21.3 Å². The number of aliphatic carboxylic acids is 6. The molecule has 0 fully saturated rings. The first-order valence-electron chi connectivity index (χ1n) is 21.7. The summed E-state index contributed by atoms with van der Waals surface area (Å²) >= 11 is 0. The van der Waals surface area contributed by atoms with Gasteiger partial charge in [0.05, 0.1) is 38.1 Å². The van der Waals surface area contributed by atoms with Gasteiger partial charge in [0.1, 0.15) is 48.0 Å². The third-order valence-corrected chi connectivity index (χ3v) is 9.93. The Bertz CT molecular complexity index is 2090. The molecule has 8 atom stereocenters. The van der Waals surface area contributed by atoms with Crippen LogP contribution in [0.1, 0.15) is 83.6 Å². The van der Waals surface area contributed by atoms with Gasteiger partial charge in [-0.15, -0.1) is 0 Å². The first kappa shape index (κ1) is 64.0. The number of amides is 7. The lowest BCUT2D eigenvalue weighted by atomic mass is 10.0. The maximum atomic E-state index is 13.8. The van der Waals surface area contributed by atoms with Crippen molar-refractivity contribution in [3.63, 3.8) is 0 Å². The molecule has 8 unspecified atom stereocenters. The number of carbonyl (C=O) groups is 13. The molecule has 1 aromatic rings. The van der Waals surface area contributed by atoms with Gasteiger partial charge >= 0.3 is 35.8 Å². The number of unbranched alkanes of at least 4 members (excludes halogenated alkanes) is 2. The largest absolute Gasteiger partial charge is 0.508 e. The minimum absolute atomic E-state index is 0. The van der Waals surface area contributed by atoms with Gasteiger partial charge in [0.15, 0.2) is 0 Å². The van der Waals surface area contributed by atoms with Crippen LogP contribution in [-0.4, -0.2) is 174 Å². The Morgan fingerprint density at radius 3 is 1.03 bits per heavy atom. The number of aromatic hydroxyl groups is 1. The van der Waals surface area contributed by atoms with Crippen LogP contribution in [0.15, 0.2) is 24.3 Å². The highest BCUT2D eigenvalue weighted by molar-refractivity contribution is 6.00. The van der Waals surface area contributed by atoms with Gasteiger partial charge in [-0.2, -0.15) is 0 Å². The molecule has 0 saturated heterocycles. The van der Waals surface area contributed by atoms with Crippen LogP contribution in [0.2, 0.25) is 0 Å². The van der Waals surface area contributed by atoms with Crippen molar-refractivity contribution < 1.29 is 98.1 Å². The van der Waals surface area contributed by atoms with Crippen molar-refractivity contribution >= 4 is 77.2 Å². The topological polar surface area (TPSA) is 526 Å². The molecule has 1 rings (SSSR count). The zero-order chi connectivity index (χ0) is 54.0. The van der Waals surface area contributed by atoms with Gasteiger partial charge in [-0.25, -0.2) is 4.79 Å². The van der Waals surface area contributed by atoms with Crippen molar-refractivity contribution in [3.05, 3.63) is 29.8 Å². The maximum Gasteiger partial charge on any atom is 0.326 e. The summed E-state index contributed by atoms with van der Waals surface area (Å²) < 4.78 is 0. The van der Waals surface area contributed by atoms with E-state index in [-0.39, 0.29) is 64.8 Å². The molecule has 7 amide bonds. The molecule has 0 aromatic heterocycles. The summed E-state index contributed by atoms with van der Waals surface area (Å²) in [7, 11) is 0. The smallest absolute Gasteiger partial charge is 0.326 e. The molecule has 1 aromatic carbocycles. The second kappa shape index (κ2) is 32.8. The van der Waals surface area contributed by atoms with Crippen molar-refractivity contribution in [2.24, 2.45) is 17.2 Å². The van der Waals surface area contributed by atoms with Gasteiger partial charge in [-0.3, -0.25) is 57.5 Å². The predicted molar refractivity (Wildman–Crippen MR) is 245 cm³/mol. The number of nitrogens with two attached hydrogens (primary N) is 3. The highest BCUT2D eigenvalue weighted by Crippen LogP contribution is 2.13. The molecule has 0 spiro atoms. The Balaban J connectivity index is 0.0000504. The van der Waals surface area contributed by atoms with Crippen molar-refractivity contribution in [1.29, 1.82) is 0 Å². The van der Waals surface area contributed by atoms with E-state index in [0.29, 0.717) is 12.0 Å². The SMILES string of the molecule is C.NCCCCC(NC(=O)C(CC(=O)O)NC(=O)C(CC(=O)O)NC(=O)C(CC(=O)O)NC(=O)C(CC(=O)O)NC(=O)C(CCCCN)NC(=O)C(Cc1ccc(O)cc1)NC(=O)C(N)CC(=O)O)C(=O)O. The fourth-order valence-corrected chi connectivity index (χ4v) is 6.32. The lowest BCUT2D eigenvalue weighted by Gasteiger charge is -2.27. The third-order valence-electron chi connectivity index (χ3n) is 9.93. The van der Waals surface area contributed by atoms with E-state index in [4.69, 9.17) is 22.3 Å². The summed E-state index contributed by atoms with van der Waals surface area (Å²) in [6.45, 7) is 0.271. The van der Waals surface area contributed by atoms with Gasteiger partial charge in [0.2, 0.25) is 41.4 Å². The van der Waals surface area contributed by atoms with Crippen LogP contribution >= 0.6 is 0 Å². The molecule has 0 radical (unpaired) electrons. The predicted octanol–water partition coefficient (Wildman–Crippen LogP) is -4.99. The zero-order valence-corrected chi connectivity index (χ0v) is 38.0. The quantitative estimate of drug-likeness (QED) is 0.0283. The first-order chi connectivity index (χ1) is 33.3. The highest BCUT2D eigenvalue weighted by atomic mass is 16.4. The maximum absolute atomic E-state index is 13.8. The molecular weight excluding hydrogens is 965 g/mol. The molecule has 0 heterocycles.